The zero-order chi connectivity index (χ0) is 14.7. The summed E-state index contributed by atoms with van der Waals surface area (Å²) in [6.07, 6.45) is 1.77. The topological polar surface area (TPSA) is 44.1 Å². The lowest BCUT2D eigenvalue weighted by atomic mass is 10.1. The number of rotatable bonds is 5. The van der Waals surface area contributed by atoms with E-state index in [1.807, 2.05) is 6.92 Å². The van der Waals surface area contributed by atoms with Crippen LogP contribution in [0.3, 0.4) is 0 Å². The lowest BCUT2D eigenvalue weighted by Crippen LogP contribution is -2.12. The molecule has 0 unspecified atom stereocenters. The van der Waals surface area contributed by atoms with Gasteiger partial charge in [-0.05, 0) is 24.6 Å². The largest absolute Gasteiger partial charge is 0.493 e. The van der Waals surface area contributed by atoms with E-state index in [4.69, 9.17) is 27.9 Å². The van der Waals surface area contributed by atoms with Gasteiger partial charge in [0.15, 0.2) is 11.5 Å². The minimum atomic E-state index is -0.0698. The van der Waals surface area contributed by atoms with E-state index in [1.54, 1.807) is 29.1 Å². The Morgan fingerprint density at radius 2 is 2.10 bits per heavy atom. The normalized spacial score (nSPS) is 10.6. The Labute approximate surface area is 127 Å². The highest BCUT2D eigenvalue weighted by Crippen LogP contribution is 2.24. The molecule has 0 radical (unpaired) electrons. The second-order valence-electron chi connectivity index (χ2n) is 4.23. The van der Waals surface area contributed by atoms with Gasteiger partial charge in [-0.3, -0.25) is 9.48 Å². The molecule has 20 heavy (non-hydrogen) atoms. The minimum Gasteiger partial charge on any atom is -0.493 e. The number of Topliss-reactive ketones (excluding diaryl/α,β-unsaturated/α-hetero) is 1. The molecule has 0 saturated carbocycles. The van der Waals surface area contributed by atoms with E-state index in [0.717, 1.165) is 5.56 Å². The number of benzene rings is 1. The van der Waals surface area contributed by atoms with Crippen LogP contribution >= 0.6 is 23.2 Å². The fourth-order valence-corrected chi connectivity index (χ4v) is 2.28. The van der Waals surface area contributed by atoms with Gasteiger partial charge in [0.1, 0.15) is 5.69 Å². The first-order valence-corrected chi connectivity index (χ1v) is 6.89. The number of nitrogens with zero attached hydrogens (tertiary/aromatic N) is 2. The first kappa shape index (κ1) is 14.9. The highest BCUT2D eigenvalue weighted by atomic mass is 35.5. The highest BCUT2D eigenvalue weighted by molar-refractivity contribution is 6.42. The molecule has 106 valence electrons. The summed E-state index contributed by atoms with van der Waals surface area (Å²) >= 11 is 11.8. The van der Waals surface area contributed by atoms with Gasteiger partial charge >= 0.3 is 0 Å². The molecule has 0 aliphatic rings. The molecule has 6 heteroatoms. The van der Waals surface area contributed by atoms with Crippen molar-refractivity contribution in [2.24, 2.45) is 0 Å². The molecule has 2 aromatic rings. The van der Waals surface area contributed by atoms with Crippen LogP contribution in [-0.4, -0.2) is 22.7 Å². The number of hydrogen-bond donors (Lipinski definition) is 0. The summed E-state index contributed by atoms with van der Waals surface area (Å²) in [6.45, 7) is 2.52. The average Bonchev–Trinajstić information content (AvgIpc) is 2.86. The van der Waals surface area contributed by atoms with Crippen LogP contribution in [0.4, 0.5) is 0 Å². The van der Waals surface area contributed by atoms with E-state index in [-0.39, 0.29) is 12.2 Å². The summed E-state index contributed by atoms with van der Waals surface area (Å²) in [5.41, 5.74) is 1.27. The second-order valence-corrected chi connectivity index (χ2v) is 5.04. The van der Waals surface area contributed by atoms with Crippen LogP contribution in [-0.2, 0) is 13.0 Å². The summed E-state index contributed by atoms with van der Waals surface area (Å²) in [6, 6.07) is 5.16. The van der Waals surface area contributed by atoms with Gasteiger partial charge < -0.3 is 4.74 Å². The molecule has 0 saturated heterocycles. The predicted molar refractivity (Wildman–Crippen MR) is 78.9 cm³/mol. The van der Waals surface area contributed by atoms with Gasteiger partial charge in [-0.15, -0.1) is 0 Å². The third-order valence-corrected chi connectivity index (χ3v) is 3.68. The smallest absolute Gasteiger partial charge is 0.189 e. The van der Waals surface area contributed by atoms with Crippen LogP contribution in [0.25, 0.3) is 0 Å². The number of carbonyl (C=O) groups is 1. The van der Waals surface area contributed by atoms with Crippen molar-refractivity contribution in [3.05, 3.63) is 45.7 Å². The molecule has 1 aromatic heterocycles. The van der Waals surface area contributed by atoms with Gasteiger partial charge in [-0.2, -0.15) is 5.10 Å². The van der Waals surface area contributed by atoms with Gasteiger partial charge in [0, 0.05) is 13.0 Å². The van der Waals surface area contributed by atoms with Crippen LogP contribution in [0.2, 0.25) is 10.0 Å². The number of methoxy groups -OCH3 is 1. The van der Waals surface area contributed by atoms with Crippen molar-refractivity contribution >= 4 is 29.0 Å². The monoisotopic (exact) mass is 312 g/mol. The number of ether oxygens (including phenoxy) is 1. The maximum atomic E-state index is 12.4. The van der Waals surface area contributed by atoms with E-state index in [9.17, 15) is 4.79 Å². The van der Waals surface area contributed by atoms with E-state index < -0.39 is 0 Å². The Hall–Kier alpha value is -1.52. The Morgan fingerprint density at radius 3 is 2.70 bits per heavy atom. The fourth-order valence-electron chi connectivity index (χ4n) is 1.96. The van der Waals surface area contributed by atoms with E-state index >= 15 is 0 Å². The van der Waals surface area contributed by atoms with Crippen molar-refractivity contribution in [3.8, 4) is 5.75 Å². The zero-order valence-corrected chi connectivity index (χ0v) is 12.7. The molecule has 2 rings (SSSR count). The van der Waals surface area contributed by atoms with E-state index in [0.29, 0.717) is 28.0 Å². The number of aromatic nitrogens is 2. The van der Waals surface area contributed by atoms with Gasteiger partial charge in [0.05, 0.1) is 23.4 Å². The lowest BCUT2D eigenvalue weighted by Gasteiger charge is -2.07. The fraction of sp³-hybridized carbons (Fsp3) is 0.286. The van der Waals surface area contributed by atoms with Gasteiger partial charge in [0.25, 0.3) is 0 Å². The maximum absolute atomic E-state index is 12.4. The third kappa shape index (κ3) is 2.97. The lowest BCUT2D eigenvalue weighted by molar-refractivity contribution is 0.0979. The SMILES string of the molecule is CCn1ncc(OC)c1C(=O)Cc1ccc(Cl)c(Cl)c1. The highest BCUT2D eigenvalue weighted by Gasteiger charge is 2.19. The molecule has 0 aliphatic carbocycles. The van der Waals surface area contributed by atoms with E-state index in [2.05, 4.69) is 5.10 Å². The molecule has 0 aliphatic heterocycles. The molecule has 0 N–H and O–H groups in total. The van der Waals surface area contributed by atoms with Crippen molar-refractivity contribution in [1.29, 1.82) is 0 Å². The molecular formula is C14H14Cl2N2O2. The Kier molecular flexibility index (Phi) is 4.68. The predicted octanol–water partition coefficient (Wildman–Crippen LogP) is 3.64. The van der Waals surface area contributed by atoms with Gasteiger partial charge in [-0.1, -0.05) is 29.3 Å². The second kappa shape index (κ2) is 6.29. The van der Waals surface area contributed by atoms with Crippen LogP contribution in [0, 0.1) is 0 Å². The number of hydrogen-bond acceptors (Lipinski definition) is 3. The van der Waals surface area contributed by atoms with Gasteiger partial charge in [0.2, 0.25) is 0 Å². The Balaban J connectivity index is 2.27. The van der Waals surface area contributed by atoms with Crippen molar-refractivity contribution in [2.75, 3.05) is 7.11 Å². The molecule has 0 amide bonds. The Morgan fingerprint density at radius 1 is 1.35 bits per heavy atom. The summed E-state index contributed by atoms with van der Waals surface area (Å²) in [7, 11) is 1.52. The number of ketones is 1. The summed E-state index contributed by atoms with van der Waals surface area (Å²) in [5.74, 6) is 0.413. The van der Waals surface area contributed by atoms with Crippen LogP contribution in [0.15, 0.2) is 24.4 Å². The average molecular weight is 313 g/mol. The number of halogens is 2. The van der Waals surface area contributed by atoms with Crippen molar-refractivity contribution in [1.82, 2.24) is 9.78 Å². The van der Waals surface area contributed by atoms with Gasteiger partial charge in [-0.25, -0.2) is 0 Å². The van der Waals surface area contributed by atoms with Crippen LogP contribution in [0.1, 0.15) is 23.0 Å². The first-order chi connectivity index (χ1) is 9.56. The maximum Gasteiger partial charge on any atom is 0.189 e. The van der Waals surface area contributed by atoms with Crippen molar-refractivity contribution in [3.63, 3.8) is 0 Å². The number of aryl methyl sites for hydroxylation is 1. The number of carbonyl (C=O) groups excluding carboxylic acids is 1. The van der Waals surface area contributed by atoms with Crippen LogP contribution < -0.4 is 4.74 Å². The first-order valence-electron chi connectivity index (χ1n) is 6.13. The standard InChI is InChI=1S/C14H14Cl2N2O2/c1-3-18-14(13(20-2)8-17-18)12(19)7-9-4-5-10(15)11(16)6-9/h4-6,8H,3,7H2,1-2H3. The third-order valence-electron chi connectivity index (χ3n) is 2.94. The molecule has 1 heterocycles. The van der Waals surface area contributed by atoms with E-state index in [1.165, 1.54) is 7.11 Å². The molecule has 1 aromatic carbocycles. The zero-order valence-electron chi connectivity index (χ0n) is 11.2. The quantitative estimate of drug-likeness (QED) is 0.792. The summed E-state index contributed by atoms with van der Waals surface area (Å²) < 4.78 is 6.80. The van der Waals surface area contributed by atoms with Crippen molar-refractivity contribution in [2.45, 2.75) is 19.9 Å². The van der Waals surface area contributed by atoms with Crippen molar-refractivity contribution < 1.29 is 9.53 Å². The van der Waals surface area contributed by atoms with Crippen LogP contribution in [0.5, 0.6) is 5.75 Å². The molecule has 4 nitrogen and oxygen atoms in total. The minimum absolute atomic E-state index is 0.0698. The molecule has 0 spiro atoms. The Bertz CT molecular complexity index is 617. The molecule has 0 atom stereocenters. The molecule has 0 bridgehead atoms. The molecular weight excluding hydrogens is 299 g/mol. The molecule has 0 fully saturated rings. The summed E-state index contributed by atoms with van der Waals surface area (Å²) in [4.78, 5) is 12.4. The summed E-state index contributed by atoms with van der Waals surface area (Å²) in [5, 5.41) is 5.03.